The minimum Gasteiger partial charge on any atom is -0.508 e. The van der Waals surface area contributed by atoms with Gasteiger partial charge in [0.1, 0.15) is 11.5 Å². The van der Waals surface area contributed by atoms with Crippen molar-refractivity contribution in [1.29, 1.82) is 1.34 Å². The smallest absolute Gasteiger partial charge is 0.488 e. The zero-order chi connectivity index (χ0) is 109. The van der Waals surface area contributed by atoms with Crippen molar-refractivity contribution >= 4 is 82.3 Å². The molecule has 0 fully saturated rings. The summed E-state index contributed by atoms with van der Waals surface area (Å²) in [4.78, 5) is 74.4. The summed E-state index contributed by atoms with van der Waals surface area (Å²) >= 11 is 12.0. The number of halogens is 3. The van der Waals surface area contributed by atoms with Crippen LogP contribution in [-0.2, 0) is 40.1 Å². The van der Waals surface area contributed by atoms with Gasteiger partial charge in [0.2, 0.25) is 0 Å². The second-order valence-electron chi connectivity index (χ2n) is 24.8. The first-order chi connectivity index (χ1) is 70.7. The number of ether oxygens (including phenoxy) is 6. The topological polar surface area (TPSA) is 279 Å². The Bertz CT molecular complexity index is 8480. The quantitative estimate of drug-likeness (QED) is 0.0267. The maximum Gasteiger partial charge on any atom is 0.488 e. The van der Waals surface area contributed by atoms with Crippen molar-refractivity contribution in [3.8, 4) is 402 Å². The molecular formula is C116H75B2Br2ClN6O16P2U. The van der Waals surface area contributed by atoms with Gasteiger partial charge >= 0.3 is 24.2 Å². The standard InChI is InChI=1S/C57H4.C21H22N2O5.C15H17BrN2O4.C9H11ClO2.C6H7BO3.C6H7BrN2O2.C2H2.BH.H4P2.U/c1-3-5-7-9-11-13-15-17-19-21-23-25-27-29-31-33-35-37-39-41-43-45-47-49-51-53-55-57-56-54-52-50-48-46-44-42-40-38-36-34-32-30-28-26-24-22-20-18-16-14-12-10-8-6-4-2;1-13-19(15-6-8-16(24)9-7-15)22(2)21(26)23(20(13)25)12-14-5-10-17(27-3)18(11-14)28-4;1-9-13(16)17(2)15(20)18(14(9)19)8-10-5-6-11(21-3)12(7-10)22-4;1-11-8-4-3-7(6-10)5-9(8)12-2;8-6-3-1-5(2-4-6)7(9)10;1-3-4(7)9(2)6(11)8-5(3)10;1-2;;1-2;/h1H,2H3;5-11,24H,12H2,1-4H3;5-7H,8H2,1-4H3;3-5H,6H2,1-2H3;1-4,8-10H;1-2H3,(H,8,10,11);1-2H;1H;1-2H2;/i;;;;;;;1D;;. The number of methoxy groups -OCH3 is 6. The van der Waals surface area contributed by atoms with Crippen LogP contribution in [0.2, 0.25) is 0 Å². The molecule has 146 heavy (non-hydrogen) atoms. The van der Waals surface area contributed by atoms with Crippen LogP contribution in [0.5, 0.6) is 46.0 Å². The number of phenols is 2. The van der Waals surface area contributed by atoms with Crippen LogP contribution in [0.4, 0.5) is 0 Å². The van der Waals surface area contributed by atoms with Crippen LogP contribution < -0.4 is 67.6 Å². The van der Waals surface area contributed by atoms with E-state index < -0.39 is 18.5 Å². The van der Waals surface area contributed by atoms with Crippen molar-refractivity contribution in [2.45, 2.75) is 46.7 Å². The number of benzene rings is 5. The van der Waals surface area contributed by atoms with Crippen LogP contribution in [0, 0.1) is 397 Å². The third-order valence-corrected chi connectivity index (χ3v) is 18.5. The normalized spacial score (nSPS) is 7.47. The molecule has 30 heteroatoms. The van der Waals surface area contributed by atoms with Crippen LogP contribution in [0.3, 0.4) is 0 Å². The average Bonchev–Trinajstić information content (AvgIpc) is 0.830. The Labute approximate surface area is 904 Å². The molecule has 0 bridgehead atoms. The van der Waals surface area contributed by atoms with Crippen molar-refractivity contribution in [1.82, 2.24) is 27.8 Å². The van der Waals surface area contributed by atoms with Gasteiger partial charge in [-0.2, -0.15) is 0 Å². The molecule has 3 aromatic heterocycles. The number of hydrogen-bond donors (Lipinski definition) is 5. The summed E-state index contributed by atoms with van der Waals surface area (Å²) in [5, 5.41) is 35.4. The predicted molar refractivity (Wildman–Crippen MR) is 586 cm³/mol. The summed E-state index contributed by atoms with van der Waals surface area (Å²) in [5.74, 6) is 141. The van der Waals surface area contributed by atoms with Crippen LogP contribution in [-0.4, -0.2) is 108 Å². The molecular weight excluding hydrogens is 2250 g/mol. The first-order valence-corrected chi connectivity index (χ1v) is 44.4. The number of nitrogens with one attached hydrogen (secondary N) is 1. The van der Waals surface area contributed by atoms with Crippen molar-refractivity contribution in [3.05, 3.63) is 208 Å². The second kappa shape index (κ2) is 80.9. The molecule has 0 saturated heterocycles. The number of H-pyrrole nitrogens is 1. The van der Waals surface area contributed by atoms with Crippen molar-refractivity contribution in [3.63, 3.8) is 0 Å². The fourth-order valence-electron chi connectivity index (χ4n) is 9.46. The van der Waals surface area contributed by atoms with Gasteiger partial charge in [-0.05, 0) is 256 Å². The van der Waals surface area contributed by atoms with E-state index in [2.05, 4.69) is 402 Å². The van der Waals surface area contributed by atoms with Gasteiger partial charge in [-0.25, -0.2) is 14.4 Å². The van der Waals surface area contributed by atoms with Gasteiger partial charge in [-0.3, -0.25) is 42.2 Å². The number of aromatic nitrogens is 6. The van der Waals surface area contributed by atoms with Gasteiger partial charge in [-0.15, -0.1) is 48.7 Å². The summed E-state index contributed by atoms with van der Waals surface area (Å²) in [5.41, 5.74) is 3.34. The number of alkyl halides is 1. The van der Waals surface area contributed by atoms with Gasteiger partial charge in [-0.1, -0.05) is 36.3 Å². The van der Waals surface area contributed by atoms with E-state index in [0.717, 1.165) is 28.2 Å². The van der Waals surface area contributed by atoms with E-state index in [9.17, 15) is 33.9 Å². The van der Waals surface area contributed by atoms with Gasteiger partial charge in [0.05, 0.1) is 70.6 Å². The molecule has 706 valence electrons. The fraction of sp³-hybridized carbons (Fsp3) is 0.138. The maximum atomic E-state index is 12.9. The van der Waals surface area contributed by atoms with E-state index in [4.69, 9.17) is 62.9 Å². The Hall–Kier alpha value is -19.0. The van der Waals surface area contributed by atoms with Crippen LogP contribution in [0.1, 0.15) is 40.3 Å². The summed E-state index contributed by atoms with van der Waals surface area (Å²) in [6, 6.07) is 28.3. The van der Waals surface area contributed by atoms with Crippen LogP contribution in [0.25, 0.3) is 11.3 Å². The third kappa shape index (κ3) is 52.1. The Morgan fingerprint density at radius 3 is 0.890 bits per heavy atom. The maximum absolute atomic E-state index is 12.9. The molecule has 3 heterocycles. The van der Waals surface area contributed by atoms with E-state index in [1.165, 1.54) is 73.5 Å². The Morgan fingerprint density at radius 1 is 0.377 bits per heavy atom. The Morgan fingerprint density at radius 2 is 0.623 bits per heavy atom. The first-order valence-electron chi connectivity index (χ1n) is 40.2. The molecule has 0 aliphatic carbocycles. The average molecular weight is 2330 g/mol. The largest absolute Gasteiger partial charge is 0.508 e. The molecule has 0 aliphatic heterocycles. The second-order valence-corrected chi connectivity index (χ2v) is 26.6. The molecule has 2 unspecified atom stereocenters. The van der Waals surface area contributed by atoms with Crippen LogP contribution in [0.15, 0.2) is 141 Å². The van der Waals surface area contributed by atoms with Crippen LogP contribution >= 0.6 is 61.3 Å². The molecule has 5 aromatic carbocycles. The van der Waals surface area contributed by atoms with E-state index in [-0.39, 0.29) is 78.1 Å². The van der Waals surface area contributed by atoms with Gasteiger partial charge in [0.25, 0.3) is 16.7 Å². The van der Waals surface area contributed by atoms with Gasteiger partial charge in [0, 0.05) is 308 Å². The molecule has 0 aliphatic rings. The number of rotatable bonds is 13. The summed E-state index contributed by atoms with van der Waals surface area (Å²) in [6.07, 6.45) is 12.9. The number of aromatic amines is 1. The summed E-state index contributed by atoms with van der Waals surface area (Å²) < 4.78 is 43.9. The van der Waals surface area contributed by atoms with E-state index in [1.807, 2.05) is 18.2 Å². The third-order valence-electron chi connectivity index (χ3n) is 15.9. The summed E-state index contributed by atoms with van der Waals surface area (Å²) in [7, 11) is 21.2. The predicted octanol–water partition coefficient (Wildman–Crippen LogP) is 6.62. The first kappa shape index (κ1) is 127. The van der Waals surface area contributed by atoms with Crippen molar-refractivity contribution in [2.75, 3.05) is 42.7 Å². The SMILES string of the molecule is C#C.C#CC#CC#CC#CC#CC#CC#CC#CC#CC#CC#CC#CC#CC#CC#CC#CC#CC#CC#CC#CC#CC#CC#CC#CC#CC#CC#CC#CC.COc1ccc(CCl)cc1OC.COc1ccc(Cn2c(=O)c(C)c(-c3ccc(O)cc3)n(C)c2=O)cc1OC.COc1ccc(Cn2c(=O)c(C)c(Br)n(C)c2=O)cc1OC.Cc1c(Br)n(C)c(=O)[nH]c1=O.OB(O)c1ccc(O)cc1.PP.[2H][B].[U]. The molecule has 2 atom stereocenters. The number of nitrogens with zero attached hydrogens (tertiary/aromatic N) is 5. The monoisotopic (exact) mass is 2320 g/mol. The molecule has 22 nitrogen and oxygen atoms in total. The molecule has 8 aromatic rings. The molecule has 0 amide bonds. The zero-order valence-corrected chi connectivity index (χ0v) is 90.4. The summed E-state index contributed by atoms with van der Waals surface area (Å²) in [6.45, 7) is 6.97. The number of aromatic hydroxyl groups is 2. The molecule has 0 spiro atoms. The van der Waals surface area contributed by atoms with Crippen molar-refractivity contribution < 1.29 is 79.8 Å². The van der Waals surface area contributed by atoms with Gasteiger partial charge in [0.15, 0.2) is 34.5 Å². The zero-order valence-electron chi connectivity index (χ0n) is 81.0. The molecule has 2 radical (unpaired) electrons. The Kier molecular flexibility index (Phi) is 70.4. The van der Waals surface area contributed by atoms with E-state index in [0.29, 0.717) is 71.5 Å². The fourth-order valence-corrected chi connectivity index (χ4v) is 10.3. The minimum atomic E-state index is -1.46. The molecule has 5 N–H and O–H groups in total. The van der Waals surface area contributed by atoms with E-state index in [1.54, 1.807) is 126 Å². The number of hydrogen-bond acceptors (Lipinski definition) is 16. The number of terminal acetylenes is 2. The van der Waals surface area contributed by atoms with Crippen molar-refractivity contribution in [2.24, 2.45) is 21.1 Å². The van der Waals surface area contributed by atoms with E-state index >= 15 is 0 Å². The van der Waals surface area contributed by atoms with Gasteiger partial charge < -0.3 is 48.7 Å². The molecule has 8 rings (SSSR count). The molecule has 0 saturated carbocycles. The minimum absolute atomic E-state index is 0. The Balaban J connectivity index is 0. The number of phenolic OH excluding ortho intramolecular Hbond substituents is 2.